The third-order valence-corrected chi connectivity index (χ3v) is 5.57. The summed E-state index contributed by atoms with van der Waals surface area (Å²) in [6.45, 7) is 9.41. The maximum atomic E-state index is 12.3. The van der Waals surface area contributed by atoms with Gasteiger partial charge in [-0.25, -0.2) is 4.98 Å². The normalized spacial score (nSPS) is 11.4. The Kier molecular flexibility index (Phi) is 6.38. The van der Waals surface area contributed by atoms with Crippen LogP contribution in [0.4, 0.5) is 5.69 Å². The summed E-state index contributed by atoms with van der Waals surface area (Å²) in [5, 5.41) is 3.86. The van der Waals surface area contributed by atoms with Crippen molar-refractivity contribution in [2.75, 3.05) is 19.0 Å². The Morgan fingerprint density at radius 2 is 2.00 bits per heavy atom. The van der Waals surface area contributed by atoms with E-state index in [1.165, 1.54) is 13.1 Å². The van der Waals surface area contributed by atoms with E-state index in [4.69, 9.17) is 4.74 Å². The summed E-state index contributed by atoms with van der Waals surface area (Å²) >= 11 is 0. The summed E-state index contributed by atoms with van der Waals surface area (Å²) in [6.07, 6.45) is 3.38. The third-order valence-electron chi connectivity index (χ3n) is 3.86. The molecule has 0 aliphatic heterocycles. The van der Waals surface area contributed by atoms with Gasteiger partial charge in [0.2, 0.25) is 5.91 Å². The van der Waals surface area contributed by atoms with E-state index in [0.29, 0.717) is 18.0 Å². The van der Waals surface area contributed by atoms with Crippen LogP contribution in [-0.4, -0.2) is 43.1 Å². The van der Waals surface area contributed by atoms with Crippen molar-refractivity contribution in [1.29, 1.82) is 0 Å². The number of carbonyl (C=O) groups excluding carboxylic acids is 2. The number of hydrogen-bond donors (Lipinski definition) is 3. The molecule has 0 aromatic carbocycles. The van der Waals surface area contributed by atoms with Gasteiger partial charge >= 0.3 is 0 Å². The van der Waals surface area contributed by atoms with E-state index in [1.54, 1.807) is 7.05 Å². The lowest BCUT2D eigenvalue weighted by molar-refractivity contribution is -0.119. The predicted octanol–water partition coefficient (Wildman–Crippen LogP) is 2.17. The monoisotopic (exact) mass is 377 g/mol. The fourth-order valence-corrected chi connectivity index (χ4v) is 3.19. The SMILES string of the molecule is CNc1c(C(=O)NNC(C)=O)cnc2c1ccn2COCC[Si](C)(C)C. The average Bonchev–Trinajstić information content (AvgIpc) is 2.98. The second-order valence-corrected chi connectivity index (χ2v) is 12.9. The number of nitrogens with one attached hydrogen (secondary N) is 3. The number of carbonyl (C=O) groups is 2. The van der Waals surface area contributed by atoms with Crippen LogP contribution < -0.4 is 16.2 Å². The summed E-state index contributed by atoms with van der Waals surface area (Å²) in [7, 11) is 0.624. The van der Waals surface area contributed by atoms with Gasteiger partial charge < -0.3 is 14.6 Å². The molecule has 9 heteroatoms. The number of fused-ring (bicyclic) bond motifs is 1. The maximum Gasteiger partial charge on any atom is 0.273 e. The number of ether oxygens (including phenoxy) is 1. The van der Waals surface area contributed by atoms with Crippen LogP contribution in [0.1, 0.15) is 17.3 Å². The molecule has 0 radical (unpaired) electrons. The van der Waals surface area contributed by atoms with Gasteiger partial charge in [-0.1, -0.05) is 19.6 Å². The minimum Gasteiger partial charge on any atom is -0.387 e. The van der Waals surface area contributed by atoms with Crippen LogP contribution >= 0.6 is 0 Å². The molecule has 0 aliphatic carbocycles. The first-order chi connectivity index (χ1) is 12.2. The van der Waals surface area contributed by atoms with E-state index in [-0.39, 0.29) is 5.91 Å². The third kappa shape index (κ3) is 5.05. The quantitative estimate of drug-likeness (QED) is 0.390. The molecule has 0 saturated heterocycles. The van der Waals surface area contributed by atoms with Gasteiger partial charge in [-0.3, -0.25) is 20.4 Å². The Hall–Kier alpha value is -2.39. The fraction of sp³-hybridized carbons (Fsp3) is 0.471. The first-order valence-electron chi connectivity index (χ1n) is 8.53. The van der Waals surface area contributed by atoms with E-state index in [2.05, 4.69) is 40.8 Å². The number of anilines is 1. The second kappa shape index (κ2) is 8.32. The number of hydrogen-bond acceptors (Lipinski definition) is 5. The number of aromatic nitrogens is 2. The van der Waals surface area contributed by atoms with Gasteiger partial charge in [0.05, 0.1) is 11.3 Å². The molecule has 2 rings (SSSR count). The number of rotatable bonds is 7. The molecule has 0 spiro atoms. The molecule has 0 atom stereocenters. The number of nitrogens with zero attached hydrogens (tertiary/aromatic N) is 2. The molecule has 8 nitrogen and oxygen atoms in total. The van der Waals surface area contributed by atoms with Gasteiger partial charge in [-0.2, -0.15) is 0 Å². The zero-order chi connectivity index (χ0) is 19.3. The van der Waals surface area contributed by atoms with Crippen molar-refractivity contribution in [2.24, 2.45) is 0 Å². The van der Waals surface area contributed by atoms with Gasteiger partial charge in [-0.05, 0) is 12.1 Å². The molecule has 0 unspecified atom stereocenters. The summed E-state index contributed by atoms with van der Waals surface area (Å²) in [5.41, 5.74) is 6.37. The first-order valence-corrected chi connectivity index (χ1v) is 12.2. The Bertz CT molecular complexity index is 798. The number of amides is 2. The molecule has 3 N–H and O–H groups in total. The molecule has 2 aromatic heterocycles. The molecule has 0 bridgehead atoms. The largest absolute Gasteiger partial charge is 0.387 e. The fourth-order valence-electron chi connectivity index (χ4n) is 2.44. The molecule has 142 valence electrons. The van der Waals surface area contributed by atoms with Crippen LogP contribution in [0.15, 0.2) is 18.5 Å². The van der Waals surface area contributed by atoms with Gasteiger partial charge in [0, 0.05) is 46.4 Å². The minimum atomic E-state index is -1.12. The topological polar surface area (TPSA) is 97.3 Å². The molecular formula is C17H27N5O3Si. The van der Waals surface area contributed by atoms with Crippen LogP contribution in [-0.2, 0) is 16.3 Å². The van der Waals surface area contributed by atoms with Crippen LogP contribution in [0.2, 0.25) is 25.7 Å². The second-order valence-electron chi connectivity index (χ2n) is 7.30. The molecule has 0 fully saturated rings. The van der Waals surface area contributed by atoms with Crippen LogP contribution in [0.25, 0.3) is 11.0 Å². The van der Waals surface area contributed by atoms with Crippen LogP contribution in [0, 0.1) is 0 Å². The van der Waals surface area contributed by atoms with Crippen molar-refractivity contribution in [3.63, 3.8) is 0 Å². The molecule has 2 heterocycles. The van der Waals surface area contributed by atoms with Crippen molar-refractivity contribution >= 4 is 36.6 Å². The van der Waals surface area contributed by atoms with Crippen LogP contribution in [0.3, 0.4) is 0 Å². The highest BCUT2D eigenvalue weighted by molar-refractivity contribution is 6.76. The average molecular weight is 378 g/mol. The highest BCUT2D eigenvalue weighted by atomic mass is 28.3. The lowest BCUT2D eigenvalue weighted by Gasteiger charge is -2.16. The van der Waals surface area contributed by atoms with Crippen molar-refractivity contribution in [1.82, 2.24) is 20.4 Å². The Morgan fingerprint density at radius 3 is 2.62 bits per heavy atom. The zero-order valence-corrected chi connectivity index (χ0v) is 17.0. The highest BCUT2D eigenvalue weighted by Gasteiger charge is 2.17. The summed E-state index contributed by atoms with van der Waals surface area (Å²) < 4.78 is 7.70. The van der Waals surface area contributed by atoms with Gasteiger partial charge in [0.15, 0.2) is 0 Å². The Morgan fingerprint density at radius 1 is 1.27 bits per heavy atom. The van der Waals surface area contributed by atoms with Gasteiger partial charge in [0.1, 0.15) is 12.4 Å². The predicted molar refractivity (Wildman–Crippen MR) is 105 cm³/mol. The standard InChI is InChI=1S/C17H27N5O3Si/c1-12(23)20-21-17(24)14-10-19-16-13(15(14)18-2)6-7-22(16)11-25-8-9-26(3,4)5/h6-7,10H,8-9,11H2,1-5H3,(H,18,19)(H,20,23)(H,21,24). The van der Waals surface area contributed by atoms with Crippen molar-refractivity contribution in [3.05, 3.63) is 24.0 Å². The van der Waals surface area contributed by atoms with E-state index < -0.39 is 14.0 Å². The summed E-state index contributed by atoms with van der Waals surface area (Å²) in [5.74, 6) is -0.780. The van der Waals surface area contributed by atoms with Crippen LogP contribution in [0.5, 0.6) is 0 Å². The van der Waals surface area contributed by atoms with Gasteiger partial charge in [-0.15, -0.1) is 0 Å². The molecule has 2 aromatic rings. The maximum absolute atomic E-state index is 12.3. The molecule has 0 saturated carbocycles. The lowest BCUT2D eigenvalue weighted by Crippen LogP contribution is -2.40. The van der Waals surface area contributed by atoms with E-state index in [9.17, 15) is 9.59 Å². The van der Waals surface area contributed by atoms with Crippen molar-refractivity contribution < 1.29 is 14.3 Å². The number of hydrazine groups is 1. The lowest BCUT2D eigenvalue weighted by atomic mass is 10.1. The van der Waals surface area contributed by atoms with E-state index in [0.717, 1.165) is 23.7 Å². The minimum absolute atomic E-state index is 0.347. The highest BCUT2D eigenvalue weighted by Crippen LogP contribution is 2.26. The van der Waals surface area contributed by atoms with Crippen molar-refractivity contribution in [3.8, 4) is 0 Å². The summed E-state index contributed by atoms with van der Waals surface area (Å²) in [4.78, 5) is 27.6. The smallest absolute Gasteiger partial charge is 0.273 e. The Labute approximate surface area is 154 Å². The van der Waals surface area contributed by atoms with Crippen molar-refractivity contribution in [2.45, 2.75) is 39.3 Å². The Balaban J connectivity index is 2.17. The van der Waals surface area contributed by atoms with Gasteiger partial charge in [0.25, 0.3) is 5.91 Å². The zero-order valence-electron chi connectivity index (χ0n) is 16.0. The molecule has 2 amide bonds. The molecule has 26 heavy (non-hydrogen) atoms. The first kappa shape index (κ1) is 19.9. The van der Waals surface area contributed by atoms with E-state index >= 15 is 0 Å². The van der Waals surface area contributed by atoms with E-state index in [1.807, 2.05) is 16.8 Å². The molecular weight excluding hydrogens is 350 g/mol. The summed E-state index contributed by atoms with van der Waals surface area (Å²) in [6, 6.07) is 3.00. The number of pyridine rings is 1. The molecule has 0 aliphatic rings.